The van der Waals surface area contributed by atoms with Gasteiger partial charge in [0.1, 0.15) is 5.69 Å². The average Bonchev–Trinajstić information content (AvgIpc) is 3.47. The molecule has 7 heteroatoms. The number of imidazole rings is 1. The van der Waals surface area contributed by atoms with Crippen molar-refractivity contribution in [1.29, 1.82) is 0 Å². The monoisotopic (exact) mass is 436 g/mol. The number of hydrogen-bond acceptors (Lipinski definition) is 4. The minimum Gasteiger partial charge on any atom is -0.341 e. The number of aromatic nitrogens is 2. The maximum absolute atomic E-state index is 13.3. The summed E-state index contributed by atoms with van der Waals surface area (Å²) in [4.78, 5) is 35.7. The summed E-state index contributed by atoms with van der Waals surface area (Å²) in [6.45, 7) is 6.84. The highest BCUT2D eigenvalue weighted by molar-refractivity contribution is 7.13. The lowest BCUT2D eigenvalue weighted by Crippen LogP contribution is -2.38. The number of hydrogen-bond donors (Lipinski definition) is 0. The molecule has 6 nitrogen and oxygen atoms in total. The van der Waals surface area contributed by atoms with Gasteiger partial charge in [-0.25, -0.2) is 4.98 Å². The minimum atomic E-state index is -0.273. The van der Waals surface area contributed by atoms with Crippen LogP contribution in [0.3, 0.4) is 0 Å². The maximum Gasteiger partial charge on any atom is 0.272 e. The van der Waals surface area contributed by atoms with Crippen LogP contribution < -0.4 is 0 Å². The second kappa shape index (κ2) is 9.47. The van der Waals surface area contributed by atoms with Crippen LogP contribution in [0.1, 0.15) is 29.9 Å². The highest BCUT2D eigenvalue weighted by Crippen LogP contribution is 2.30. The largest absolute Gasteiger partial charge is 0.341 e. The van der Waals surface area contributed by atoms with E-state index in [9.17, 15) is 9.59 Å². The molecule has 0 saturated carbocycles. The van der Waals surface area contributed by atoms with Crippen molar-refractivity contribution < 1.29 is 9.59 Å². The van der Waals surface area contributed by atoms with E-state index in [4.69, 9.17) is 0 Å². The smallest absolute Gasteiger partial charge is 0.272 e. The summed E-state index contributed by atoms with van der Waals surface area (Å²) < 4.78 is 1.85. The fourth-order valence-corrected chi connectivity index (χ4v) is 5.03. The molecule has 0 N–H and O–H groups in total. The first-order valence-corrected chi connectivity index (χ1v) is 11.7. The number of likely N-dealkylation sites (N-methyl/N-ethyl adjacent to an activating group) is 1. The molecule has 3 aromatic rings. The van der Waals surface area contributed by atoms with Crippen molar-refractivity contribution in [2.75, 3.05) is 26.2 Å². The van der Waals surface area contributed by atoms with E-state index in [1.54, 1.807) is 23.9 Å². The van der Waals surface area contributed by atoms with Gasteiger partial charge in [0.05, 0.1) is 18.4 Å². The standard InChI is InChI=1S/C24H28N4O2S/c1-3-26-11-12-28(24(30)21-15-25-17-27(21)4-2)16-19(23(26)29)14-18-8-5-6-9-20(18)22-10-7-13-31-22/h5-10,13,15,17,19H,3-4,11-12,14,16H2,1-2H3/t19-/m0/s1. The molecule has 1 aliphatic rings. The van der Waals surface area contributed by atoms with Gasteiger partial charge in [-0.3, -0.25) is 9.59 Å². The number of carbonyl (C=O) groups excluding carboxylic acids is 2. The molecule has 1 saturated heterocycles. The Balaban J connectivity index is 1.62. The van der Waals surface area contributed by atoms with Crippen LogP contribution >= 0.6 is 11.3 Å². The highest BCUT2D eigenvalue weighted by Gasteiger charge is 2.33. The van der Waals surface area contributed by atoms with Gasteiger partial charge in [0.2, 0.25) is 5.91 Å². The van der Waals surface area contributed by atoms with Crippen molar-refractivity contribution in [3.63, 3.8) is 0 Å². The van der Waals surface area contributed by atoms with E-state index < -0.39 is 0 Å². The Labute approximate surface area is 187 Å². The van der Waals surface area contributed by atoms with Crippen LogP contribution in [0.5, 0.6) is 0 Å². The molecule has 0 bridgehead atoms. The molecule has 3 heterocycles. The van der Waals surface area contributed by atoms with E-state index in [1.807, 2.05) is 46.4 Å². The van der Waals surface area contributed by atoms with E-state index in [0.29, 0.717) is 44.8 Å². The van der Waals surface area contributed by atoms with Crippen molar-refractivity contribution in [3.8, 4) is 10.4 Å². The lowest BCUT2D eigenvalue weighted by Gasteiger charge is -2.24. The molecule has 162 valence electrons. The number of carbonyl (C=O) groups is 2. The van der Waals surface area contributed by atoms with Crippen molar-refractivity contribution in [2.45, 2.75) is 26.8 Å². The lowest BCUT2D eigenvalue weighted by molar-refractivity contribution is -0.134. The molecule has 0 unspecified atom stereocenters. The van der Waals surface area contributed by atoms with Gasteiger partial charge in [0.25, 0.3) is 5.91 Å². The first-order valence-electron chi connectivity index (χ1n) is 10.8. The molecule has 0 spiro atoms. The fourth-order valence-electron chi connectivity index (χ4n) is 4.24. The predicted octanol–water partition coefficient (Wildman–Crippen LogP) is 3.79. The summed E-state index contributed by atoms with van der Waals surface area (Å²) in [5.41, 5.74) is 2.89. The van der Waals surface area contributed by atoms with Gasteiger partial charge in [-0.1, -0.05) is 30.3 Å². The van der Waals surface area contributed by atoms with Crippen LogP contribution in [0.2, 0.25) is 0 Å². The normalized spacial score (nSPS) is 17.1. The second-order valence-corrected chi connectivity index (χ2v) is 8.72. The van der Waals surface area contributed by atoms with Gasteiger partial charge < -0.3 is 14.4 Å². The van der Waals surface area contributed by atoms with Crippen LogP contribution in [-0.2, 0) is 17.8 Å². The number of amides is 2. The summed E-state index contributed by atoms with van der Waals surface area (Å²) >= 11 is 1.70. The van der Waals surface area contributed by atoms with E-state index in [0.717, 1.165) is 5.56 Å². The van der Waals surface area contributed by atoms with Crippen LogP contribution in [0, 0.1) is 5.92 Å². The molecule has 2 amide bonds. The first kappa shape index (κ1) is 21.3. The summed E-state index contributed by atoms with van der Waals surface area (Å²) in [5, 5.41) is 2.07. The Bertz CT molecular complexity index is 1040. The number of rotatable bonds is 6. The zero-order chi connectivity index (χ0) is 21.8. The van der Waals surface area contributed by atoms with Gasteiger partial charge in [-0.2, -0.15) is 0 Å². The molecular formula is C24H28N4O2S. The van der Waals surface area contributed by atoms with Crippen LogP contribution in [0.4, 0.5) is 0 Å². The van der Waals surface area contributed by atoms with Crippen LogP contribution in [0.25, 0.3) is 10.4 Å². The number of thiophene rings is 1. The van der Waals surface area contributed by atoms with Gasteiger partial charge in [-0.05, 0) is 42.8 Å². The number of benzene rings is 1. The Morgan fingerprint density at radius 2 is 1.97 bits per heavy atom. The maximum atomic E-state index is 13.3. The van der Waals surface area contributed by atoms with Gasteiger partial charge in [0, 0.05) is 37.6 Å². The number of nitrogens with zero attached hydrogens (tertiary/aromatic N) is 4. The average molecular weight is 437 g/mol. The third kappa shape index (κ3) is 4.42. The second-order valence-electron chi connectivity index (χ2n) is 7.77. The van der Waals surface area contributed by atoms with Gasteiger partial charge >= 0.3 is 0 Å². The zero-order valence-corrected chi connectivity index (χ0v) is 18.8. The van der Waals surface area contributed by atoms with E-state index in [2.05, 4.69) is 28.6 Å². The summed E-state index contributed by atoms with van der Waals surface area (Å²) in [7, 11) is 0. The third-order valence-corrected chi connectivity index (χ3v) is 6.86. The van der Waals surface area contributed by atoms with E-state index in [1.165, 1.54) is 10.4 Å². The number of aryl methyl sites for hydroxylation is 1. The first-order chi connectivity index (χ1) is 15.1. The summed E-state index contributed by atoms with van der Waals surface area (Å²) in [6, 6.07) is 12.4. The molecule has 1 aromatic carbocycles. The lowest BCUT2D eigenvalue weighted by atomic mass is 9.93. The van der Waals surface area contributed by atoms with E-state index in [-0.39, 0.29) is 17.7 Å². The van der Waals surface area contributed by atoms with Crippen molar-refractivity contribution in [2.24, 2.45) is 5.92 Å². The topological polar surface area (TPSA) is 58.4 Å². The summed E-state index contributed by atoms with van der Waals surface area (Å²) in [6.07, 6.45) is 3.92. The van der Waals surface area contributed by atoms with E-state index >= 15 is 0 Å². The molecule has 4 rings (SSSR count). The van der Waals surface area contributed by atoms with Crippen LogP contribution in [0.15, 0.2) is 54.3 Å². The zero-order valence-electron chi connectivity index (χ0n) is 18.0. The van der Waals surface area contributed by atoms with Crippen molar-refractivity contribution in [1.82, 2.24) is 19.4 Å². The highest BCUT2D eigenvalue weighted by atomic mass is 32.1. The quantitative estimate of drug-likeness (QED) is 0.591. The summed E-state index contributed by atoms with van der Waals surface area (Å²) in [5.74, 6) is -0.199. The predicted molar refractivity (Wildman–Crippen MR) is 123 cm³/mol. The van der Waals surface area contributed by atoms with Crippen molar-refractivity contribution in [3.05, 3.63) is 65.6 Å². The van der Waals surface area contributed by atoms with Crippen molar-refractivity contribution >= 4 is 23.2 Å². The molecule has 2 aromatic heterocycles. The molecule has 1 aliphatic heterocycles. The molecule has 1 fully saturated rings. The van der Waals surface area contributed by atoms with Gasteiger partial charge in [-0.15, -0.1) is 11.3 Å². The molecular weight excluding hydrogens is 408 g/mol. The Hall–Kier alpha value is -2.93. The Morgan fingerprint density at radius 3 is 2.71 bits per heavy atom. The molecule has 0 radical (unpaired) electrons. The Morgan fingerprint density at radius 1 is 1.13 bits per heavy atom. The minimum absolute atomic E-state index is 0.0540. The molecule has 31 heavy (non-hydrogen) atoms. The van der Waals surface area contributed by atoms with Gasteiger partial charge in [0.15, 0.2) is 0 Å². The SMILES string of the molecule is CCN1CCN(C(=O)c2cncn2CC)C[C@H](Cc2ccccc2-c2cccs2)C1=O. The Kier molecular flexibility index (Phi) is 6.51. The fraction of sp³-hybridized carbons (Fsp3) is 0.375. The van der Waals surface area contributed by atoms with Crippen LogP contribution in [-0.4, -0.2) is 57.3 Å². The third-order valence-electron chi connectivity index (χ3n) is 5.95. The molecule has 1 atom stereocenters. The molecule has 0 aliphatic carbocycles.